The highest BCUT2D eigenvalue weighted by molar-refractivity contribution is 5.14. The van der Waals surface area contributed by atoms with Crippen LogP contribution in [0.5, 0.6) is 5.75 Å². The van der Waals surface area contributed by atoms with Gasteiger partial charge in [0.25, 0.3) is 0 Å². The fourth-order valence-corrected chi connectivity index (χ4v) is 4.61. The van der Waals surface area contributed by atoms with E-state index in [0.29, 0.717) is 5.92 Å². The van der Waals surface area contributed by atoms with Gasteiger partial charge < -0.3 is 4.74 Å². The molecule has 1 saturated carbocycles. The molecule has 166 valence electrons. The first-order valence-electron chi connectivity index (χ1n) is 12.8. The molecule has 0 atom stereocenters. The van der Waals surface area contributed by atoms with Crippen LogP contribution in [0, 0.1) is 5.92 Å². The average Bonchev–Trinajstić information content (AvgIpc) is 2.76. The topological polar surface area (TPSA) is 35.0 Å². The highest BCUT2D eigenvalue weighted by Gasteiger charge is 2.23. The molecule has 0 aromatic carbocycles. The molecule has 0 N–H and O–H groups in total. The van der Waals surface area contributed by atoms with Crippen molar-refractivity contribution in [2.24, 2.45) is 5.92 Å². The van der Waals surface area contributed by atoms with E-state index in [4.69, 9.17) is 4.74 Å². The lowest BCUT2D eigenvalue weighted by Gasteiger charge is -2.27. The van der Waals surface area contributed by atoms with E-state index >= 15 is 0 Å². The smallest absolute Gasteiger partial charge is 0.155 e. The van der Waals surface area contributed by atoms with Gasteiger partial charge in [-0.1, -0.05) is 90.9 Å². The Bertz CT molecular complexity index is 494. The van der Waals surface area contributed by atoms with E-state index < -0.39 is 0 Å². The van der Waals surface area contributed by atoms with Crippen LogP contribution in [-0.4, -0.2) is 16.6 Å². The molecule has 1 aliphatic rings. The zero-order valence-corrected chi connectivity index (χ0v) is 19.3. The number of rotatable bonds is 16. The molecule has 2 rings (SSSR count). The highest BCUT2D eigenvalue weighted by Crippen LogP contribution is 2.36. The van der Waals surface area contributed by atoms with Crippen molar-refractivity contribution in [3.05, 3.63) is 18.2 Å². The van der Waals surface area contributed by atoms with Crippen LogP contribution in [0.3, 0.4) is 0 Å². The highest BCUT2D eigenvalue weighted by atomic mass is 16.5. The Hall–Kier alpha value is -1.12. The van der Waals surface area contributed by atoms with Crippen molar-refractivity contribution in [2.75, 3.05) is 6.61 Å². The number of hydrogen-bond donors (Lipinski definition) is 0. The van der Waals surface area contributed by atoms with Crippen molar-refractivity contribution in [3.63, 3.8) is 0 Å². The molecule has 0 amide bonds. The Morgan fingerprint density at radius 2 is 1.28 bits per heavy atom. The molecule has 0 saturated heterocycles. The molecule has 29 heavy (non-hydrogen) atoms. The summed E-state index contributed by atoms with van der Waals surface area (Å²) in [5.74, 6) is 3.37. The van der Waals surface area contributed by atoms with Crippen molar-refractivity contribution in [1.29, 1.82) is 0 Å². The minimum atomic E-state index is 0.559. The first-order valence-corrected chi connectivity index (χ1v) is 12.8. The maximum absolute atomic E-state index is 5.84. The molecular formula is C26H46N2O. The molecule has 0 unspecified atom stereocenters. The van der Waals surface area contributed by atoms with Crippen molar-refractivity contribution in [2.45, 2.75) is 129 Å². The molecule has 3 heteroatoms. The van der Waals surface area contributed by atoms with Crippen LogP contribution in [-0.2, 0) is 0 Å². The van der Waals surface area contributed by atoms with Gasteiger partial charge in [0.2, 0.25) is 0 Å². The molecule has 0 radical (unpaired) electrons. The SMILES string of the molecule is CCCCCCCCCOc1cnc(C2CCC(CCCCCCC)CC2)nc1. The number of ether oxygens (including phenoxy) is 1. The Labute approximate surface area is 180 Å². The largest absolute Gasteiger partial charge is 0.490 e. The van der Waals surface area contributed by atoms with Crippen molar-refractivity contribution in [3.8, 4) is 5.75 Å². The second kappa shape index (κ2) is 15.7. The fourth-order valence-electron chi connectivity index (χ4n) is 4.61. The Morgan fingerprint density at radius 1 is 0.724 bits per heavy atom. The van der Waals surface area contributed by atoms with Crippen molar-refractivity contribution in [1.82, 2.24) is 9.97 Å². The maximum atomic E-state index is 5.84. The number of hydrogen-bond acceptors (Lipinski definition) is 3. The Kier molecular flexibility index (Phi) is 13.1. The normalized spacial score (nSPS) is 19.4. The summed E-state index contributed by atoms with van der Waals surface area (Å²) in [6.45, 7) is 5.35. The lowest BCUT2D eigenvalue weighted by atomic mass is 9.79. The van der Waals surface area contributed by atoms with Gasteiger partial charge >= 0.3 is 0 Å². The number of nitrogens with zero attached hydrogens (tertiary/aromatic N) is 2. The fraction of sp³-hybridized carbons (Fsp3) is 0.846. The average molecular weight is 403 g/mol. The van der Waals surface area contributed by atoms with Crippen molar-refractivity contribution < 1.29 is 4.74 Å². The van der Waals surface area contributed by atoms with Crippen LogP contribution in [0.2, 0.25) is 0 Å². The van der Waals surface area contributed by atoms with Gasteiger partial charge in [-0.3, -0.25) is 0 Å². The van der Waals surface area contributed by atoms with Crippen LogP contribution in [0.1, 0.15) is 135 Å². The van der Waals surface area contributed by atoms with E-state index in [1.807, 2.05) is 12.4 Å². The maximum Gasteiger partial charge on any atom is 0.155 e. The van der Waals surface area contributed by atoms with E-state index in [0.717, 1.165) is 30.5 Å². The van der Waals surface area contributed by atoms with Crippen LogP contribution in [0.25, 0.3) is 0 Å². The summed E-state index contributed by atoms with van der Waals surface area (Å²) in [6, 6.07) is 0. The summed E-state index contributed by atoms with van der Waals surface area (Å²) < 4.78 is 5.84. The first kappa shape index (κ1) is 24.2. The molecule has 1 aliphatic carbocycles. The van der Waals surface area contributed by atoms with Gasteiger partial charge in [0.1, 0.15) is 5.82 Å². The molecular weight excluding hydrogens is 356 g/mol. The molecule has 3 nitrogen and oxygen atoms in total. The van der Waals surface area contributed by atoms with Crippen LogP contribution < -0.4 is 4.74 Å². The van der Waals surface area contributed by atoms with Gasteiger partial charge in [0.05, 0.1) is 19.0 Å². The minimum absolute atomic E-state index is 0.559. The third kappa shape index (κ3) is 10.5. The van der Waals surface area contributed by atoms with E-state index in [-0.39, 0.29) is 0 Å². The van der Waals surface area contributed by atoms with Gasteiger partial charge in [-0.2, -0.15) is 0 Å². The first-order chi connectivity index (χ1) is 14.3. The van der Waals surface area contributed by atoms with Crippen LogP contribution in [0.15, 0.2) is 12.4 Å². The lowest BCUT2D eigenvalue weighted by Crippen LogP contribution is -2.15. The third-order valence-electron chi connectivity index (χ3n) is 6.59. The second-order valence-corrected chi connectivity index (χ2v) is 9.17. The Balaban J connectivity index is 1.55. The summed E-state index contributed by atoms with van der Waals surface area (Å²) in [5.41, 5.74) is 0. The molecule has 0 spiro atoms. The van der Waals surface area contributed by atoms with E-state index in [1.165, 1.54) is 103 Å². The van der Waals surface area contributed by atoms with Gasteiger partial charge in [-0.15, -0.1) is 0 Å². The molecule has 1 aromatic rings. The summed E-state index contributed by atoms with van der Waals surface area (Å²) >= 11 is 0. The van der Waals surface area contributed by atoms with Gasteiger partial charge in [0, 0.05) is 5.92 Å². The van der Waals surface area contributed by atoms with Crippen molar-refractivity contribution >= 4 is 0 Å². The van der Waals surface area contributed by atoms with Gasteiger partial charge in [-0.25, -0.2) is 9.97 Å². The van der Waals surface area contributed by atoms with E-state index in [9.17, 15) is 0 Å². The summed E-state index contributed by atoms with van der Waals surface area (Å²) in [7, 11) is 0. The molecule has 1 heterocycles. The zero-order chi connectivity index (χ0) is 20.6. The summed E-state index contributed by atoms with van der Waals surface area (Å²) in [4.78, 5) is 9.27. The molecule has 0 aliphatic heterocycles. The third-order valence-corrected chi connectivity index (χ3v) is 6.59. The van der Waals surface area contributed by atoms with Crippen LogP contribution >= 0.6 is 0 Å². The predicted molar refractivity (Wildman–Crippen MR) is 124 cm³/mol. The zero-order valence-electron chi connectivity index (χ0n) is 19.3. The predicted octanol–water partition coefficient (Wildman–Crippen LogP) is 8.24. The lowest BCUT2D eigenvalue weighted by molar-refractivity contribution is 0.291. The summed E-state index contributed by atoms with van der Waals surface area (Å²) in [6.07, 6.45) is 26.7. The standard InChI is InChI=1S/C26H46N2O/c1-3-5-7-9-10-12-14-20-29-25-21-27-26(28-22-25)24-18-16-23(17-19-24)15-13-11-8-6-4-2/h21-24H,3-20H2,1-2H3. The van der Waals surface area contributed by atoms with Crippen LogP contribution in [0.4, 0.5) is 0 Å². The quantitative estimate of drug-likeness (QED) is 0.261. The summed E-state index contributed by atoms with van der Waals surface area (Å²) in [5, 5.41) is 0. The second-order valence-electron chi connectivity index (χ2n) is 9.17. The monoisotopic (exact) mass is 402 g/mol. The molecule has 1 aromatic heterocycles. The number of unbranched alkanes of at least 4 members (excludes halogenated alkanes) is 10. The number of aromatic nitrogens is 2. The molecule has 0 bridgehead atoms. The van der Waals surface area contributed by atoms with Gasteiger partial charge in [0.15, 0.2) is 5.75 Å². The van der Waals surface area contributed by atoms with Gasteiger partial charge in [-0.05, 0) is 38.0 Å². The van der Waals surface area contributed by atoms with E-state index in [2.05, 4.69) is 23.8 Å². The Morgan fingerprint density at radius 3 is 1.90 bits per heavy atom. The minimum Gasteiger partial charge on any atom is -0.490 e. The molecule has 1 fully saturated rings. The van der Waals surface area contributed by atoms with E-state index in [1.54, 1.807) is 0 Å².